The minimum absolute atomic E-state index is 0.229. The molecule has 3 heteroatoms. The van der Waals surface area contributed by atoms with E-state index in [9.17, 15) is 0 Å². The van der Waals surface area contributed by atoms with Gasteiger partial charge in [-0.2, -0.15) is 0 Å². The van der Waals surface area contributed by atoms with E-state index in [1.54, 1.807) is 0 Å². The Labute approximate surface area is 121 Å². The summed E-state index contributed by atoms with van der Waals surface area (Å²) in [5, 5.41) is 0. The fourth-order valence-corrected chi connectivity index (χ4v) is 2.59. The number of thiocarbonyl (C=S) groups is 1. The highest BCUT2D eigenvalue weighted by molar-refractivity contribution is 7.80. The van der Waals surface area contributed by atoms with Crippen molar-refractivity contribution in [3.63, 3.8) is 0 Å². The third kappa shape index (κ3) is 4.50. The van der Waals surface area contributed by atoms with E-state index < -0.39 is 0 Å². The van der Waals surface area contributed by atoms with E-state index in [2.05, 4.69) is 31.2 Å². The average Bonchev–Trinajstić information content (AvgIpc) is 3.14. The molecular weight excluding hydrogens is 254 g/mol. The van der Waals surface area contributed by atoms with E-state index in [1.165, 1.54) is 31.2 Å². The van der Waals surface area contributed by atoms with Crippen LogP contribution in [-0.2, 0) is 6.42 Å². The lowest BCUT2D eigenvalue weighted by Gasteiger charge is -2.15. The molecule has 1 saturated carbocycles. The van der Waals surface area contributed by atoms with Crippen LogP contribution in [0.25, 0.3) is 0 Å². The first-order chi connectivity index (χ1) is 9.13. The molecule has 0 atom stereocenters. The predicted molar refractivity (Wildman–Crippen MR) is 83.6 cm³/mol. The third-order valence-electron chi connectivity index (χ3n) is 3.79. The van der Waals surface area contributed by atoms with Crippen LogP contribution in [-0.4, -0.2) is 11.6 Å². The van der Waals surface area contributed by atoms with Crippen molar-refractivity contribution in [3.8, 4) is 5.75 Å². The normalized spacial score (nSPS) is 16.1. The van der Waals surface area contributed by atoms with Crippen LogP contribution >= 0.6 is 12.2 Å². The summed E-state index contributed by atoms with van der Waals surface area (Å²) in [6.07, 6.45) is 6.81. The average molecular weight is 277 g/mol. The predicted octanol–water partition coefficient (Wildman–Crippen LogP) is 3.86. The molecule has 2 nitrogen and oxygen atoms in total. The SMILES string of the molecule is CCCCc1ccc(OCC2(CC(N)=S)CC2)cc1. The molecule has 1 aliphatic rings. The molecule has 0 aliphatic heterocycles. The summed E-state index contributed by atoms with van der Waals surface area (Å²) in [5.41, 5.74) is 7.25. The summed E-state index contributed by atoms with van der Waals surface area (Å²) in [5.74, 6) is 0.953. The number of rotatable bonds is 8. The van der Waals surface area contributed by atoms with E-state index in [1.807, 2.05) is 0 Å². The fraction of sp³-hybridized carbons (Fsp3) is 0.562. The van der Waals surface area contributed by atoms with Gasteiger partial charge in [-0.1, -0.05) is 37.7 Å². The monoisotopic (exact) mass is 277 g/mol. The highest BCUT2D eigenvalue weighted by atomic mass is 32.1. The summed E-state index contributed by atoms with van der Waals surface area (Å²) in [4.78, 5) is 0.607. The van der Waals surface area contributed by atoms with Gasteiger partial charge >= 0.3 is 0 Å². The van der Waals surface area contributed by atoms with Gasteiger partial charge < -0.3 is 10.5 Å². The lowest BCUT2D eigenvalue weighted by Crippen LogP contribution is -2.20. The number of ether oxygens (including phenoxy) is 1. The van der Waals surface area contributed by atoms with Gasteiger partial charge in [-0.25, -0.2) is 0 Å². The van der Waals surface area contributed by atoms with Gasteiger partial charge in [0.2, 0.25) is 0 Å². The number of hydrogen-bond acceptors (Lipinski definition) is 2. The molecule has 0 heterocycles. The van der Waals surface area contributed by atoms with E-state index in [0.29, 0.717) is 4.99 Å². The molecule has 2 N–H and O–H groups in total. The van der Waals surface area contributed by atoms with Crippen LogP contribution in [0, 0.1) is 5.41 Å². The molecule has 0 saturated heterocycles. The van der Waals surface area contributed by atoms with Crippen LogP contribution in [0.2, 0.25) is 0 Å². The summed E-state index contributed by atoms with van der Waals surface area (Å²) in [6.45, 7) is 2.95. The Bertz CT molecular complexity index is 423. The van der Waals surface area contributed by atoms with Gasteiger partial charge in [-0.3, -0.25) is 0 Å². The highest BCUT2D eigenvalue weighted by Crippen LogP contribution is 2.49. The number of aryl methyl sites for hydroxylation is 1. The molecule has 1 aromatic carbocycles. The lowest BCUT2D eigenvalue weighted by atomic mass is 10.0. The van der Waals surface area contributed by atoms with Crippen molar-refractivity contribution in [3.05, 3.63) is 29.8 Å². The maximum Gasteiger partial charge on any atom is 0.119 e. The Balaban J connectivity index is 1.81. The van der Waals surface area contributed by atoms with Crippen molar-refractivity contribution in [2.75, 3.05) is 6.61 Å². The first-order valence-corrected chi connectivity index (χ1v) is 7.54. The maximum atomic E-state index is 5.88. The Hall–Kier alpha value is -1.09. The van der Waals surface area contributed by atoms with Crippen molar-refractivity contribution in [1.82, 2.24) is 0 Å². The third-order valence-corrected chi connectivity index (χ3v) is 3.94. The Morgan fingerprint density at radius 3 is 2.53 bits per heavy atom. The van der Waals surface area contributed by atoms with Crippen molar-refractivity contribution < 1.29 is 4.74 Å². The molecule has 104 valence electrons. The molecule has 1 fully saturated rings. The van der Waals surface area contributed by atoms with Crippen LogP contribution < -0.4 is 10.5 Å². The number of nitrogens with two attached hydrogens (primary N) is 1. The molecule has 0 bridgehead atoms. The molecule has 0 radical (unpaired) electrons. The zero-order valence-electron chi connectivity index (χ0n) is 11.7. The van der Waals surface area contributed by atoms with Crippen LogP contribution in [0.5, 0.6) is 5.75 Å². The quantitative estimate of drug-likeness (QED) is 0.733. The van der Waals surface area contributed by atoms with Crippen LogP contribution in [0.3, 0.4) is 0 Å². The van der Waals surface area contributed by atoms with E-state index in [-0.39, 0.29) is 5.41 Å². The topological polar surface area (TPSA) is 35.2 Å². The number of hydrogen-bond donors (Lipinski definition) is 1. The molecule has 1 aliphatic carbocycles. The smallest absolute Gasteiger partial charge is 0.119 e. The van der Waals surface area contributed by atoms with E-state index in [4.69, 9.17) is 22.7 Å². The molecular formula is C16H23NOS. The second kappa shape index (κ2) is 6.38. The fourth-order valence-electron chi connectivity index (χ4n) is 2.29. The van der Waals surface area contributed by atoms with Crippen molar-refractivity contribution in [2.45, 2.75) is 45.4 Å². The Kier molecular flexibility index (Phi) is 4.81. The summed E-state index contributed by atoms with van der Waals surface area (Å²) >= 11 is 4.99. The second-order valence-corrected chi connectivity index (χ2v) is 6.20. The molecule has 19 heavy (non-hydrogen) atoms. The number of benzene rings is 1. The van der Waals surface area contributed by atoms with Crippen molar-refractivity contribution in [2.24, 2.45) is 11.1 Å². The summed E-state index contributed by atoms with van der Waals surface area (Å²) in [7, 11) is 0. The van der Waals surface area contributed by atoms with Crippen LogP contribution in [0.4, 0.5) is 0 Å². The van der Waals surface area contributed by atoms with Crippen LogP contribution in [0.15, 0.2) is 24.3 Å². The molecule has 0 unspecified atom stereocenters. The standard InChI is InChI=1S/C16H23NOS/c1-2-3-4-13-5-7-14(8-6-13)18-12-16(9-10-16)11-15(17)19/h5-8H,2-4,9-12H2,1H3,(H2,17,19). The molecule has 0 amide bonds. The first kappa shape index (κ1) is 14.3. The van der Waals surface area contributed by atoms with Gasteiger partial charge in [0, 0.05) is 11.8 Å². The molecule has 1 aromatic rings. The largest absolute Gasteiger partial charge is 0.493 e. The zero-order valence-corrected chi connectivity index (χ0v) is 12.5. The Morgan fingerprint density at radius 1 is 1.32 bits per heavy atom. The van der Waals surface area contributed by atoms with Crippen molar-refractivity contribution in [1.29, 1.82) is 0 Å². The van der Waals surface area contributed by atoms with Crippen LogP contribution in [0.1, 0.15) is 44.6 Å². The highest BCUT2D eigenvalue weighted by Gasteiger charge is 2.43. The first-order valence-electron chi connectivity index (χ1n) is 7.14. The van der Waals surface area contributed by atoms with Gasteiger partial charge in [0.25, 0.3) is 0 Å². The minimum atomic E-state index is 0.229. The Morgan fingerprint density at radius 2 is 2.00 bits per heavy atom. The van der Waals surface area contributed by atoms with Gasteiger partial charge in [0.05, 0.1) is 11.6 Å². The second-order valence-electron chi connectivity index (χ2n) is 5.68. The molecule has 0 spiro atoms. The zero-order chi connectivity index (χ0) is 13.7. The summed E-state index contributed by atoms with van der Waals surface area (Å²) in [6, 6.07) is 8.47. The molecule has 0 aromatic heterocycles. The summed E-state index contributed by atoms with van der Waals surface area (Å²) < 4.78 is 5.88. The number of unbranched alkanes of at least 4 members (excludes halogenated alkanes) is 1. The van der Waals surface area contributed by atoms with Gasteiger partial charge in [0.15, 0.2) is 0 Å². The maximum absolute atomic E-state index is 5.88. The lowest BCUT2D eigenvalue weighted by molar-refractivity contribution is 0.239. The minimum Gasteiger partial charge on any atom is -0.493 e. The van der Waals surface area contributed by atoms with E-state index in [0.717, 1.165) is 25.2 Å². The van der Waals surface area contributed by atoms with E-state index >= 15 is 0 Å². The van der Waals surface area contributed by atoms with Gasteiger partial charge in [-0.05, 0) is 43.4 Å². The van der Waals surface area contributed by atoms with Gasteiger partial charge in [0.1, 0.15) is 5.75 Å². The van der Waals surface area contributed by atoms with Gasteiger partial charge in [-0.15, -0.1) is 0 Å². The van der Waals surface area contributed by atoms with Crippen molar-refractivity contribution >= 4 is 17.2 Å². The molecule has 2 rings (SSSR count).